The lowest BCUT2D eigenvalue weighted by Crippen LogP contribution is -2.17. The second kappa shape index (κ2) is 8.06. The third-order valence-corrected chi connectivity index (χ3v) is 3.59. The van der Waals surface area contributed by atoms with Crippen LogP contribution in [0.2, 0.25) is 5.02 Å². The lowest BCUT2D eigenvalue weighted by Gasteiger charge is -2.15. The molecule has 3 heteroatoms. The average Bonchev–Trinajstić information content (AvgIpc) is 2.51. The van der Waals surface area contributed by atoms with E-state index < -0.39 is 0 Å². The van der Waals surface area contributed by atoms with Crippen LogP contribution in [0.1, 0.15) is 37.4 Å². The minimum absolute atomic E-state index is 0.264. The molecule has 0 saturated heterocycles. The second-order valence-electron chi connectivity index (χ2n) is 5.15. The summed E-state index contributed by atoms with van der Waals surface area (Å²) in [5.74, 6) is 0.934. The van der Waals surface area contributed by atoms with Crippen LogP contribution in [-0.4, -0.2) is 6.61 Å². The molecule has 112 valence electrons. The van der Waals surface area contributed by atoms with E-state index in [1.54, 1.807) is 0 Å². The molecule has 0 bridgehead atoms. The molecule has 0 amide bonds. The van der Waals surface area contributed by atoms with E-state index in [0.717, 1.165) is 30.3 Å². The molecule has 0 radical (unpaired) electrons. The van der Waals surface area contributed by atoms with Crippen molar-refractivity contribution in [2.24, 2.45) is 0 Å². The Balaban J connectivity index is 1.87. The zero-order valence-electron chi connectivity index (χ0n) is 12.6. The van der Waals surface area contributed by atoms with Crippen LogP contribution in [0.15, 0.2) is 48.5 Å². The standard InChI is InChI=1S/C18H22ClNO/c1-3-11-21-18-9-7-15(8-10-18)13-20-14(2)16-5-4-6-17(19)12-16/h4-10,12,14,20H,3,11,13H2,1-2H3/t14-/m0/s1. The molecule has 2 aromatic rings. The van der Waals surface area contributed by atoms with Crippen molar-refractivity contribution in [1.29, 1.82) is 0 Å². The molecule has 0 saturated carbocycles. The summed E-state index contributed by atoms with van der Waals surface area (Å²) in [4.78, 5) is 0. The van der Waals surface area contributed by atoms with Crippen molar-refractivity contribution in [3.8, 4) is 5.75 Å². The first-order chi connectivity index (χ1) is 10.2. The monoisotopic (exact) mass is 303 g/mol. The largest absolute Gasteiger partial charge is 0.494 e. The predicted octanol–water partition coefficient (Wildman–Crippen LogP) is 4.98. The van der Waals surface area contributed by atoms with Crippen molar-refractivity contribution in [1.82, 2.24) is 5.32 Å². The highest BCUT2D eigenvalue weighted by Crippen LogP contribution is 2.18. The van der Waals surface area contributed by atoms with Gasteiger partial charge in [-0.25, -0.2) is 0 Å². The fourth-order valence-electron chi connectivity index (χ4n) is 2.09. The number of hydrogen-bond donors (Lipinski definition) is 1. The summed E-state index contributed by atoms with van der Waals surface area (Å²) in [6.45, 7) is 5.84. The predicted molar refractivity (Wildman–Crippen MR) is 88.9 cm³/mol. The maximum atomic E-state index is 6.02. The molecule has 0 aliphatic heterocycles. The molecule has 2 aromatic carbocycles. The fourth-order valence-corrected chi connectivity index (χ4v) is 2.29. The second-order valence-corrected chi connectivity index (χ2v) is 5.59. The van der Waals surface area contributed by atoms with E-state index in [1.165, 1.54) is 11.1 Å². The van der Waals surface area contributed by atoms with Gasteiger partial charge in [0.1, 0.15) is 5.75 Å². The van der Waals surface area contributed by atoms with Gasteiger partial charge in [0.05, 0.1) is 6.61 Å². The van der Waals surface area contributed by atoms with Gasteiger partial charge in [0.2, 0.25) is 0 Å². The summed E-state index contributed by atoms with van der Waals surface area (Å²) in [5.41, 5.74) is 2.44. The molecular weight excluding hydrogens is 282 g/mol. The van der Waals surface area contributed by atoms with Crippen molar-refractivity contribution < 1.29 is 4.74 Å². The summed E-state index contributed by atoms with van der Waals surface area (Å²) in [6.07, 6.45) is 1.03. The van der Waals surface area contributed by atoms with Crippen molar-refractivity contribution in [2.45, 2.75) is 32.9 Å². The van der Waals surface area contributed by atoms with Gasteiger partial charge in [-0.3, -0.25) is 0 Å². The molecular formula is C18H22ClNO. The summed E-state index contributed by atoms with van der Waals surface area (Å²) in [6, 6.07) is 16.5. The minimum atomic E-state index is 0.264. The van der Waals surface area contributed by atoms with Crippen LogP contribution in [0.25, 0.3) is 0 Å². The number of benzene rings is 2. The van der Waals surface area contributed by atoms with Gasteiger partial charge < -0.3 is 10.1 Å². The van der Waals surface area contributed by atoms with Gasteiger partial charge in [-0.05, 0) is 48.7 Å². The molecule has 0 unspecified atom stereocenters. The topological polar surface area (TPSA) is 21.3 Å². The van der Waals surface area contributed by atoms with E-state index in [2.05, 4.69) is 37.4 Å². The molecule has 1 N–H and O–H groups in total. The Bertz CT molecular complexity index is 553. The van der Waals surface area contributed by atoms with Crippen LogP contribution in [0.3, 0.4) is 0 Å². The van der Waals surface area contributed by atoms with E-state index in [4.69, 9.17) is 16.3 Å². The first-order valence-corrected chi connectivity index (χ1v) is 7.77. The Kier molecular flexibility index (Phi) is 6.09. The number of nitrogens with one attached hydrogen (secondary N) is 1. The molecule has 0 aliphatic carbocycles. The quantitative estimate of drug-likeness (QED) is 0.779. The Hall–Kier alpha value is -1.51. The fraction of sp³-hybridized carbons (Fsp3) is 0.333. The molecule has 2 nitrogen and oxygen atoms in total. The number of hydrogen-bond acceptors (Lipinski definition) is 2. The third-order valence-electron chi connectivity index (χ3n) is 3.36. The van der Waals surface area contributed by atoms with Gasteiger partial charge in [-0.2, -0.15) is 0 Å². The van der Waals surface area contributed by atoms with E-state index in [9.17, 15) is 0 Å². The number of ether oxygens (including phenoxy) is 1. The maximum absolute atomic E-state index is 6.02. The first-order valence-electron chi connectivity index (χ1n) is 7.39. The van der Waals surface area contributed by atoms with E-state index >= 15 is 0 Å². The van der Waals surface area contributed by atoms with Crippen LogP contribution in [-0.2, 0) is 6.54 Å². The summed E-state index contributed by atoms with van der Waals surface area (Å²) in [5, 5.41) is 4.28. The molecule has 1 atom stereocenters. The molecule has 0 spiro atoms. The van der Waals surface area contributed by atoms with Crippen LogP contribution < -0.4 is 10.1 Å². The highest BCUT2D eigenvalue weighted by molar-refractivity contribution is 6.30. The van der Waals surface area contributed by atoms with Crippen molar-refractivity contribution in [3.63, 3.8) is 0 Å². The van der Waals surface area contributed by atoms with E-state index in [1.807, 2.05) is 30.3 Å². The van der Waals surface area contributed by atoms with Crippen LogP contribution in [0.4, 0.5) is 0 Å². The number of halogens is 1. The van der Waals surface area contributed by atoms with Gasteiger partial charge >= 0.3 is 0 Å². The first kappa shape index (κ1) is 15.9. The van der Waals surface area contributed by atoms with Gasteiger partial charge in [-0.15, -0.1) is 0 Å². The lowest BCUT2D eigenvalue weighted by atomic mass is 10.1. The number of rotatable bonds is 7. The Morgan fingerprint density at radius 2 is 1.90 bits per heavy atom. The molecule has 21 heavy (non-hydrogen) atoms. The molecule has 0 fully saturated rings. The highest BCUT2D eigenvalue weighted by atomic mass is 35.5. The van der Waals surface area contributed by atoms with Crippen LogP contribution in [0, 0.1) is 0 Å². The molecule has 0 aromatic heterocycles. The van der Waals surface area contributed by atoms with Gasteiger partial charge in [-0.1, -0.05) is 42.8 Å². The zero-order chi connectivity index (χ0) is 15.1. The molecule has 0 heterocycles. The Labute approximate surface area is 132 Å². The minimum Gasteiger partial charge on any atom is -0.494 e. The summed E-state index contributed by atoms with van der Waals surface area (Å²) < 4.78 is 5.58. The maximum Gasteiger partial charge on any atom is 0.119 e. The Morgan fingerprint density at radius 1 is 1.14 bits per heavy atom. The Morgan fingerprint density at radius 3 is 2.57 bits per heavy atom. The van der Waals surface area contributed by atoms with Gasteiger partial charge in [0, 0.05) is 17.6 Å². The van der Waals surface area contributed by atoms with Crippen LogP contribution in [0.5, 0.6) is 5.75 Å². The smallest absolute Gasteiger partial charge is 0.119 e. The highest BCUT2D eigenvalue weighted by Gasteiger charge is 2.05. The van der Waals surface area contributed by atoms with E-state index in [0.29, 0.717) is 0 Å². The average molecular weight is 304 g/mol. The normalized spacial score (nSPS) is 12.1. The SMILES string of the molecule is CCCOc1ccc(CN[C@@H](C)c2cccc(Cl)c2)cc1. The van der Waals surface area contributed by atoms with Crippen molar-refractivity contribution in [3.05, 3.63) is 64.7 Å². The van der Waals surface area contributed by atoms with Gasteiger partial charge in [0.25, 0.3) is 0 Å². The van der Waals surface area contributed by atoms with Crippen LogP contribution >= 0.6 is 11.6 Å². The summed E-state index contributed by atoms with van der Waals surface area (Å²) in [7, 11) is 0. The molecule has 2 rings (SSSR count). The molecule has 0 aliphatic rings. The third kappa shape index (κ3) is 5.07. The van der Waals surface area contributed by atoms with E-state index in [-0.39, 0.29) is 6.04 Å². The summed E-state index contributed by atoms with van der Waals surface area (Å²) >= 11 is 6.02. The zero-order valence-corrected chi connectivity index (χ0v) is 13.4. The van der Waals surface area contributed by atoms with Crippen molar-refractivity contribution in [2.75, 3.05) is 6.61 Å². The van der Waals surface area contributed by atoms with Gasteiger partial charge in [0.15, 0.2) is 0 Å². The van der Waals surface area contributed by atoms with Crippen molar-refractivity contribution >= 4 is 11.6 Å². The lowest BCUT2D eigenvalue weighted by molar-refractivity contribution is 0.317.